The van der Waals surface area contributed by atoms with E-state index in [0.717, 1.165) is 41.3 Å². The number of halogens is 3. The third kappa shape index (κ3) is 6.29. The zero-order valence-electron chi connectivity index (χ0n) is 17.0. The van der Waals surface area contributed by atoms with Gasteiger partial charge in [-0.25, -0.2) is 0 Å². The fourth-order valence-electron chi connectivity index (χ4n) is 3.67. The van der Waals surface area contributed by atoms with Gasteiger partial charge >= 0.3 is 0 Å². The highest BCUT2D eigenvalue weighted by molar-refractivity contribution is 9.10. The lowest BCUT2D eigenvalue weighted by Gasteiger charge is -2.24. The van der Waals surface area contributed by atoms with E-state index in [4.69, 9.17) is 23.2 Å². The molecular weight excluding hydrogens is 485 g/mol. The van der Waals surface area contributed by atoms with Crippen LogP contribution in [0, 0.1) is 0 Å². The van der Waals surface area contributed by atoms with Gasteiger partial charge in [-0.05, 0) is 41.8 Å². The molecule has 3 rings (SSSR count). The second-order valence-electron chi connectivity index (χ2n) is 7.62. The highest BCUT2D eigenvalue weighted by Gasteiger charge is 2.33. The average molecular weight is 511 g/mol. The largest absolute Gasteiger partial charge is 0.347 e. The minimum atomic E-state index is -0.336. The monoisotopic (exact) mass is 509 g/mol. The van der Waals surface area contributed by atoms with Gasteiger partial charge in [0.2, 0.25) is 5.91 Å². The highest BCUT2D eigenvalue weighted by atomic mass is 79.9. The fraction of sp³-hybridized carbons (Fsp3) is 0.435. The molecule has 0 fully saturated rings. The molecule has 0 saturated heterocycles. The Labute approximate surface area is 196 Å². The van der Waals surface area contributed by atoms with E-state index in [0.29, 0.717) is 22.9 Å². The van der Waals surface area contributed by atoms with Crippen LogP contribution in [0.2, 0.25) is 10.0 Å². The van der Waals surface area contributed by atoms with Crippen molar-refractivity contribution < 1.29 is 4.79 Å². The van der Waals surface area contributed by atoms with E-state index in [-0.39, 0.29) is 24.0 Å². The molecule has 0 saturated carbocycles. The van der Waals surface area contributed by atoms with Crippen molar-refractivity contribution in [3.05, 3.63) is 68.1 Å². The minimum Gasteiger partial charge on any atom is -0.347 e. The van der Waals surface area contributed by atoms with E-state index < -0.39 is 0 Å². The molecule has 0 radical (unpaired) electrons. The summed E-state index contributed by atoms with van der Waals surface area (Å²) in [4.78, 5) is 12.7. The average Bonchev–Trinajstić information content (AvgIpc) is 3.20. The standard InChI is InChI=1S/C23H26BrCl2N3O/c1-2-3-4-5-6-22(30)27-23(18-12-11-17(25)13-19(18)26)21-14-20(28-29-21)15-7-9-16(24)10-8-15/h7-13,20-21,23H,2-6,14H2,1H3,(H,27,30). The zero-order chi connectivity index (χ0) is 21.5. The van der Waals surface area contributed by atoms with Crippen LogP contribution in [0.4, 0.5) is 0 Å². The van der Waals surface area contributed by atoms with Crippen LogP contribution in [-0.4, -0.2) is 11.9 Å². The van der Waals surface area contributed by atoms with E-state index in [1.165, 1.54) is 0 Å². The van der Waals surface area contributed by atoms with Gasteiger partial charge in [0, 0.05) is 27.4 Å². The number of nitrogens with one attached hydrogen (secondary N) is 1. The topological polar surface area (TPSA) is 53.8 Å². The molecule has 3 unspecified atom stereocenters. The number of benzene rings is 2. The van der Waals surface area contributed by atoms with Gasteiger partial charge in [-0.3, -0.25) is 4.79 Å². The fourth-order valence-corrected chi connectivity index (χ4v) is 4.46. The Hall–Kier alpha value is -1.43. The molecule has 0 aromatic heterocycles. The minimum absolute atomic E-state index is 0.0180. The third-order valence-electron chi connectivity index (χ3n) is 5.33. The van der Waals surface area contributed by atoms with Crippen molar-refractivity contribution in [2.45, 2.75) is 63.6 Å². The molecule has 0 bridgehead atoms. The number of unbranched alkanes of at least 4 members (excludes halogenated alkanes) is 3. The summed E-state index contributed by atoms with van der Waals surface area (Å²) in [5.74, 6) is 0.0180. The summed E-state index contributed by atoms with van der Waals surface area (Å²) < 4.78 is 1.03. The van der Waals surface area contributed by atoms with E-state index in [2.05, 4.69) is 38.4 Å². The summed E-state index contributed by atoms with van der Waals surface area (Å²) in [7, 11) is 0. The van der Waals surface area contributed by atoms with Crippen LogP contribution in [-0.2, 0) is 4.79 Å². The van der Waals surface area contributed by atoms with Gasteiger partial charge in [-0.1, -0.05) is 83.5 Å². The van der Waals surface area contributed by atoms with E-state index in [1.807, 2.05) is 30.3 Å². The molecule has 4 nitrogen and oxygen atoms in total. The number of hydrogen-bond donors (Lipinski definition) is 1. The van der Waals surface area contributed by atoms with Crippen molar-refractivity contribution in [3.63, 3.8) is 0 Å². The summed E-state index contributed by atoms with van der Waals surface area (Å²) in [5.41, 5.74) is 1.93. The second-order valence-corrected chi connectivity index (χ2v) is 9.38. The lowest BCUT2D eigenvalue weighted by atomic mass is 9.93. The van der Waals surface area contributed by atoms with Gasteiger partial charge in [0.15, 0.2) is 0 Å². The quantitative estimate of drug-likeness (QED) is 0.343. The van der Waals surface area contributed by atoms with Crippen molar-refractivity contribution in [1.29, 1.82) is 0 Å². The molecule has 1 aliphatic rings. The molecule has 0 aliphatic carbocycles. The molecule has 2 aromatic carbocycles. The smallest absolute Gasteiger partial charge is 0.220 e. The highest BCUT2D eigenvalue weighted by Crippen LogP contribution is 2.38. The summed E-state index contributed by atoms with van der Waals surface area (Å²) in [6.45, 7) is 2.16. The predicted octanol–water partition coefficient (Wildman–Crippen LogP) is 7.85. The van der Waals surface area contributed by atoms with E-state index in [1.54, 1.807) is 12.1 Å². The molecule has 1 aliphatic heterocycles. The molecule has 1 amide bonds. The van der Waals surface area contributed by atoms with E-state index >= 15 is 0 Å². The van der Waals surface area contributed by atoms with Crippen molar-refractivity contribution >= 4 is 45.0 Å². The maximum Gasteiger partial charge on any atom is 0.220 e. The van der Waals surface area contributed by atoms with Crippen LogP contribution in [0.25, 0.3) is 0 Å². The summed E-state index contributed by atoms with van der Waals surface area (Å²) >= 11 is 16.0. The first-order valence-corrected chi connectivity index (χ1v) is 11.9. The number of amides is 1. The SMILES string of the molecule is CCCCCCC(=O)NC(c1ccc(Cl)cc1Cl)C1CC(c2ccc(Br)cc2)N=N1. The number of nitrogens with zero attached hydrogens (tertiary/aromatic N) is 2. The molecule has 1 heterocycles. The Kier molecular flexibility index (Phi) is 8.72. The zero-order valence-corrected chi connectivity index (χ0v) is 20.1. The molecule has 0 spiro atoms. The molecule has 7 heteroatoms. The Morgan fingerprint density at radius 2 is 1.90 bits per heavy atom. The maximum absolute atomic E-state index is 12.7. The lowest BCUT2D eigenvalue weighted by molar-refractivity contribution is -0.122. The summed E-state index contributed by atoms with van der Waals surface area (Å²) in [5, 5.41) is 13.3. The number of carbonyl (C=O) groups is 1. The molecule has 160 valence electrons. The first-order valence-electron chi connectivity index (χ1n) is 10.4. The second kappa shape index (κ2) is 11.3. The van der Waals surface area contributed by atoms with Gasteiger partial charge in [0.05, 0.1) is 18.1 Å². The van der Waals surface area contributed by atoms with Gasteiger partial charge in [0.25, 0.3) is 0 Å². The summed E-state index contributed by atoms with van der Waals surface area (Å²) in [6, 6.07) is 12.9. The van der Waals surface area contributed by atoms with Crippen LogP contribution >= 0.6 is 39.1 Å². The third-order valence-corrected chi connectivity index (χ3v) is 6.42. The van der Waals surface area contributed by atoms with Crippen molar-refractivity contribution in [2.24, 2.45) is 10.2 Å². The van der Waals surface area contributed by atoms with Crippen molar-refractivity contribution in [3.8, 4) is 0 Å². The van der Waals surface area contributed by atoms with Crippen molar-refractivity contribution in [1.82, 2.24) is 5.32 Å². The predicted molar refractivity (Wildman–Crippen MR) is 126 cm³/mol. The Morgan fingerprint density at radius 3 is 2.60 bits per heavy atom. The summed E-state index contributed by atoms with van der Waals surface area (Å²) in [6.07, 6.45) is 5.44. The Morgan fingerprint density at radius 1 is 1.13 bits per heavy atom. The first kappa shape index (κ1) is 23.2. The Balaban J connectivity index is 1.75. The van der Waals surface area contributed by atoms with Crippen LogP contribution in [0.3, 0.4) is 0 Å². The van der Waals surface area contributed by atoms with Crippen LogP contribution in [0.15, 0.2) is 57.2 Å². The molecule has 2 aromatic rings. The van der Waals surface area contributed by atoms with Gasteiger partial charge in [-0.15, -0.1) is 0 Å². The van der Waals surface area contributed by atoms with Gasteiger partial charge < -0.3 is 5.32 Å². The molecule has 1 N–H and O–H groups in total. The molecule has 3 atom stereocenters. The van der Waals surface area contributed by atoms with Gasteiger partial charge in [-0.2, -0.15) is 10.2 Å². The molecular formula is C23H26BrCl2N3O. The number of azo groups is 1. The van der Waals surface area contributed by atoms with Crippen LogP contribution in [0.1, 0.15) is 68.7 Å². The normalized spacial score (nSPS) is 19.1. The van der Waals surface area contributed by atoms with E-state index in [9.17, 15) is 4.79 Å². The Bertz CT molecular complexity index is 889. The number of rotatable bonds is 9. The molecule has 30 heavy (non-hydrogen) atoms. The first-order chi connectivity index (χ1) is 14.5. The van der Waals surface area contributed by atoms with Crippen LogP contribution in [0.5, 0.6) is 0 Å². The number of hydrogen-bond acceptors (Lipinski definition) is 3. The van der Waals surface area contributed by atoms with Crippen LogP contribution < -0.4 is 5.32 Å². The number of carbonyl (C=O) groups excluding carboxylic acids is 1. The van der Waals surface area contributed by atoms with Crippen molar-refractivity contribution in [2.75, 3.05) is 0 Å². The van der Waals surface area contributed by atoms with Gasteiger partial charge in [0.1, 0.15) is 0 Å². The lowest BCUT2D eigenvalue weighted by Crippen LogP contribution is -2.35. The maximum atomic E-state index is 12.7.